The molecule has 20 heavy (non-hydrogen) atoms. The minimum absolute atomic E-state index is 0.232. The smallest absolute Gasteiger partial charge is 0.273 e. The molecule has 1 aromatic heterocycles. The summed E-state index contributed by atoms with van der Waals surface area (Å²) < 4.78 is 6.73. The van der Waals surface area contributed by atoms with Crippen molar-refractivity contribution in [3.05, 3.63) is 35.7 Å². The largest absolute Gasteiger partial charge is 0.497 e. The van der Waals surface area contributed by atoms with Crippen LogP contribution in [0.5, 0.6) is 5.75 Å². The molecular formula is C14H18N4O2. The second kappa shape index (κ2) is 5.64. The Morgan fingerprint density at radius 3 is 2.80 bits per heavy atom. The van der Waals surface area contributed by atoms with Gasteiger partial charge in [-0.2, -0.15) is 5.10 Å². The fourth-order valence-corrected chi connectivity index (χ4v) is 1.94. The number of benzene rings is 1. The Balaban J connectivity index is 2.23. The van der Waals surface area contributed by atoms with Crippen molar-refractivity contribution in [2.45, 2.75) is 20.4 Å². The number of nitrogen functional groups attached to an aromatic ring is 1. The minimum Gasteiger partial charge on any atom is -0.497 e. The standard InChI is InChI=1S/C14H18N4O2/c1-4-18-13(7-9(2)17-18)14(19)16-12-6-5-10(20-3)8-11(12)15/h5-8H,4,15H2,1-3H3,(H,16,19). The first-order valence-electron chi connectivity index (χ1n) is 6.34. The maximum absolute atomic E-state index is 12.3. The Hall–Kier alpha value is -2.50. The van der Waals surface area contributed by atoms with Gasteiger partial charge in [0.05, 0.1) is 24.2 Å². The van der Waals surface area contributed by atoms with E-state index < -0.39 is 0 Å². The number of aryl methyl sites for hydroxylation is 2. The summed E-state index contributed by atoms with van der Waals surface area (Å²) in [4.78, 5) is 12.3. The van der Waals surface area contributed by atoms with Gasteiger partial charge < -0.3 is 15.8 Å². The summed E-state index contributed by atoms with van der Waals surface area (Å²) in [7, 11) is 1.57. The molecule has 0 saturated carbocycles. The zero-order chi connectivity index (χ0) is 14.7. The molecule has 1 amide bonds. The molecule has 0 aliphatic heterocycles. The molecule has 2 rings (SSSR count). The molecule has 0 saturated heterocycles. The third kappa shape index (κ3) is 2.74. The number of carbonyl (C=O) groups excluding carboxylic acids is 1. The summed E-state index contributed by atoms with van der Waals surface area (Å²) in [5.74, 6) is 0.416. The topological polar surface area (TPSA) is 82.2 Å². The summed E-state index contributed by atoms with van der Waals surface area (Å²) in [6.45, 7) is 4.42. The number of anilines is 2. The van der Waals surface area contributed by atoms with Gasteiger partial charge >= 0.3 is 0 Å². The molecule has 6 heteroatoms. The van der Waals surface area contributed by atoms with Gasteiger partial charge in [-0.05, 0) is 32.0 Å². The molecule has 2 aromatic rings. The van der Waals surface area contributed by atoms with Crippen LogP contribution in [-0.2, 0) is 6.54 Å². The predicted octanol–water partition coefficient (Wildman–Crippen LogP) is 2.05. The quantitative estimate of drug-likeness (QED) is 0.836. The van der Waals surface area contributed by atoms with Crippen LogP contribution in [0, 0.1) is 6.92 Å². The fourth-order valence-electron chi connectivity index (χ4n) is 1.94. The molecule has 1 aromatic carbocycles. The van der Waals surface area contributed by atoms with Gasteiger partial charge in [0.1, 0.15) is 11.4 Å². The van der Waals surface area contributed by atoms with Crippen LogP contribution >= 0.6 is 0 Å². The van der Waals surface area contributed by atoms with Gasteiger partial charge in [-0.15, -0.1) is 0 Å². The third-order valence-corrected chi connectivity index (χ3v) is 2.94. The molecular weight excluding hydrogens is 256 g/mol. The number of rotatable bonds is 4. The fraction of sp³-hybridized carbons (Fsp3) is 0.286. The van der Waals surface area contributed by atoms with Crippen LogP contribution in [0.3, 0.4) is 0 Å². The van der Waals surface area contributed by atoms with Crippen molar-refractivity contribution in [1.29, 1.82) is 0 Å². The number of carbonyl (C=O) groups is 1. The second-order valence-corrected chi connectivity index (χ2v) is 4.39. The van der Waals surface area contributed by atoms with E-state index in [-0.39, 0.29) is 5.91 Å². The van der Waals surface area contributed by atoms with Crippen LogP contribution in [0.2, 0.25) is 0 Å². The summed E-state index contributed by atoms with van der Waals surface area (Å²) >= 11 is 0. The van der Waals surface area contributed by atoms with E-state index in [1.165, 1.54) is 0 Å². The van der Waals surface area contributed by atoms with E-state index in [1.807, 2.05) is 13.8 Å². The molecule has 0 bridgehead atoms. The molecule has 6 nitrogen and oxygen atoms in total. The van der Waals surface area contributed by atoms with Crippen LogP contribution in [0.1, 0.15) is 23.1 Å². The summed E-state index contributed by atoms with van der Waals surface area (Å²) in [6.07, 6.45) is 0. The van der Waals surface area contributed by atoms with Crippen LogP contribution in [0.25, 0.3) is 0 Å². The first-order valence-corrected chi connectivity index (χ1v) is 6.34. The van der Waals surface area contributed by atoms with Gasteiger partial charge in [0.15, 0.2) is 0 Å². The lowest BCUT2D eigenvalue weighted by molar-refractivity contribution is 0.101. The number of hydrogen-bond donors (Lipinski definition) is 2. The molecule has 0 radical (unpaired) electrons. The zero-order valence-corrected chi connectivity index (χ0v) is 11.8. The van der Waals surface area contributed by atoms with E-state index in [2.05, 4.69) is 10.4 Å². The van der Waals surface area contributed by atoms with Crippen molar-refractivity contribution < 1.29 is 9.53 Å². The van der Waals surface area contributed by atoms with E-state index >= 15 is 0 Å². The van der Waals surface area contributed by atoms with E-state index in [0.717, 1.165) is 5.69 Å². The van der Waals surface area contributed by atoms with Crippen LogP contribution < -0.4 is 15.8 Å². The van der Waals surface area contributed by atoms with Gasteiger partial charge in [-0.25, -0.2) is 0 Å². The van der Waals surface area contributed by atoms with Crippen LogP contribution in [0.15, 0.2) is 24.3 Å². The highest BCUT2D eigenvalue weighted by Crippen LogP contribution is 2.24. The van der Waals surface area contributed by atoms with Crippen LogP contribution in [0.4, 0.5) is 11.4 Å². The Bertz CT molecular complexity index is 634. The number of ether oxygens (including phenoxy) is 1. The second-order valence-electron chi connectivity index (χ2n) is 4.39. The summed E-state index contributed by atoms with van der Waals surface area (Å²) in [5.41, 5.74) is 8.21. The lowest BCUT2D eigenvalue weighted by atomic mass is 10.2. The number of methoxy groups -OCH3 is 1. The van der Waals surface area contributed by atoms with E-state index in [4.69, 9.17) is 10.5 Å². The normalized spacial score (nSPS) is 10.3. The van der Waals surface area contributed by atoms with Gasteiger partial charge in [-0.1, -0.05) is 0 Å². The molecule has 0 aliphatic carbocycles. The van der Waals surface area contributed by atoms with Crippen molar-refractivity contribution in [3.63, 3.8) is 0 Å². The van der Waals surface area contributed by atoms with E-state index in [0.29, 0.717) is 29.4 Å². The molecule has 106 valence electrons. The zero-order valence-electron chi connectivity index (χ0n) is 11.8. The Morgan fingerprint density at radius 1 is 1.45 bits per heavy atom. The average Bonchev–Trinajstić information content (AvgIpc) is 2.82. The lowest BCUT2D eigenvalue weighted by Crippen LogP contribution is -2.18. The lowest BCUT2D eigenvalue weighted by Gasteiger charge is -2.10. The molecule has 3 N–H and O–H groups in total. The van der Waals surface area contributed by atoms with Crippen molar-refractivity contribution >= 4 is 17.3 Å². The third-order valence-electron chi connectivity index (χ3n) is 2.94. The maximum atomic E-state index is 12.3. The van der Waals surface area contributed by atoms with Crippen molar-refractivity contribution in [3.8, 4) is 5.75 Å². The summed E-state index contributed by atoms with van der Waals surface area (Å²) in [5, 5.41) is 7.03. The van der Waals surface area contributed by atoms with Gasteiger partial charge in [0.2, 0.25) is 0 Å². The van der Waals surface area contributed by atoms with Gasteiger partial charge in [0, 0.05) is 12.6 Å². The van der Waals surface area contributed by atoms with Crippen LogP contribution in [-0.4, -0.2) is 22.8 Å². The first kappa shape index (κ1) is 13.9. The van der Waals surface area contributed by atoms with Gasteiger partial charge in [-0.3, -0.25) is 9.48 Å². The Kier molecular flexibility index (Phi) is 3.93. The predicted molar refractivity (Wildman–Crippen MR) is 78.0 cm³/mol. The molecule has 0 unspecified atom stereocenters. The number of aromatic nitrogens is 2. The number of hydrogen-bond acceptors (Lipinski definition) is 4. The van der Waals surface area contributed by atoms with Crippen molar-refractivity contribution in [1.82, 2.24) is 9.78 Å². The molecule has 1 heterocycles. The maximum Gasteiger partial charge on any atom is 0.273 e. The van der Waals surface area contributed by atoms with E-state index in [1.54, 1.807) is 36.1 Å². The van der Waals surface area contributed by atoms with Crippen molar-refractivity contribution in [2.75, 3.05) is 18.2 Å². The van der Waals surface area contributed by atoms with E-state index in [9.17, 15) is 4.79 Å². The number of nitrogens with two attached hydrogens (primary N) is 1. The first-order chi connectivity index (χ1) is 9.55. The average molecular weight is 274 g/mol. The molecule has 0 fully saturated rings. The summed E-state index contributed by atoms with van der Waals surface area (Å²) in [6, 6.07) is 6.87. The Labute approximate surface area is 117 Å². The minimum atomic E-state index is -0.232. The van der Waals surface area contributed by atoms with Gasteiger partial charge in [0.25, 0.3) is 5.91 Å². The SMILES string of the molecule is CCn1nc(C)cc1C(=O)Nc1ccc(OC)cc1N. The monoisotopic (exact) mass is 274 g/mol. The number of amides is 1. The highest BCUT2D eigenvalue weighted by atomic mass is 16.5. The highest BCUT2D eigenvalue weighted by Gasteiger charge is 2.14. The van der Waals surface area contributed by atoms with Crippen molar-refractivity contribution in [2.24, 2.45) is 0 Å². The molecule has 0 atom stereocenters. The Morgan fingerprint density at radius 2 is 2.20 bits per heavy atom. The number of nitrogens with one attached hydrogen (secondary N) is 1. The highest BCUT2D eigenvalue weighted by molar-refractivity contribution is 6.04. The molecule has 0 spiro atoms. The number of nitrogens with zero attached hydrogens (tertiary/aromatic N) is 2. The molecule has 0 aliphatic rings.